The van der Waals surface area contributed by atoms with E-state index in [-0.39, 0.29) is 0 Å². The first kappa shape index (κ1) is 13.2. The average molecular weight is 280 g/mol. The van der Waals surface area contributed by atoms with Crippen molar-refractivity contribution in [3.63, 3.8) is 0 Å². The van der Waals surface area contributed by atoms with Crippen LogP contribution in [0.15, 0.2) is 42.9 Å². The molecular formula is C15H16N6. The molecule has 6 nitrogen and oxygen atoms in total. The maximum absolute atomic E-state index is 4.53. The summed E-state index contributed by atoms with van der Waals surface area (Å²) in [6.07, 6.45) is 5.17. The molecule has 21 heavy (non-hydrogen) atoms. The standard InChI is InChI=1S/C15H16N6/c1-11-7-12(2)21(20-11)15-10-16-9-14(19-15)18-8-13-5-3-4-6-17-13/h3-7,9-10H,8H2,1-2H3,(H,18,19). The molecule has 0 aromatic carbocycles. The number of pyridine rings is 1. The van der Waals surface area contributed by atoms with Gasteiger partial charge in [-0.25, -0.2) is 9.67 Å². The van der Waals surface area contributed by atoms with Crippen molar-refractivity contribution in [3.05, 3.63) is 59.9 Å². The fourth-order valence-corrected chi connectivity index (χ4v) is 2.09. The minimum Gasteiger partial charge on any atom is -0.363 e. The van der Waals surface area contributed by atoms with Gasteiger partial charge >= 0.3 is 0 Å². The number of hydrogen-bond acceptors (Lipinski definition) is 5. The number of nitrogens with zero attached hydrogens (tertiary/aromatic N) is 5. The number of aryl methyl sites for hydroxylation is 2. The highest BCUT2D eigenvalue weighted by Crippen LogP contribution is 2.11. The molecule has 3 aromatic heterocycles. The monoisotopic (exact) mass is 280 g/mol. The van der Waals surface area contributed by atoms with E-state index in [9.17, 15) is 0 Å². The van der Waals surface area contributed by atoms with Crippen LogP contribution in [0.3, 0.4) is 0 Å². The molecule has 3 heterocycles. The lowest BCUT2D eigenvalue weighted by Gasteiger charge is -2.07. The van der Waals surface area contributed by atoms with E-state index < -0.39 is 0 Å². The Morgan fingerprint density at radius 1 is 1.19 bits per heavy atom. The Labute approximate surface area is 122 Å². The van der Waals surface area contributed by atoms with E-state index in [4.69, 9.17) is 0 Å². The van der Waals surface area contributed by atoms with Gasteiger partial charge in [-0.2, -0.15) is 5.10 Å². The van der Waals surface area contributed by atoms with Crippen molar-refractivity contribution in [1.82, 2.24) is 24.7 Å². The molecule has 0 aliphatic rings. The zero-order valence-electron chi connectivity index (χ0n) is 12.0. The van der Waals surface area contributed by atoms with Crippen LogP contribution in [0.25, 0.3) is 5.82 Å². The molecule has 3 aromatic rings. The van der Waals surface area contributed by atoms with Crippen LogP contribution in [0.4, 0.5) is 5.82 Å². The van der Waals surface area contributed by atoms with Crippen LogP contribution in [0.5, 0.6) is 0 Å². The molecule has 0 radical (unpaired) electrons. The van der Waals surface area contributed by atoms with E-state index in [0.29, 0.717) is 18.2 Å². The van der Waals surface area contributed by atoms with Gasteiger partial charge in [0.05, 0.1) is 30.3 Å². The molecular weight excluding hydrogens is 264 g/mol. The lowest BCUT2D eigenvalue weighted by atomic mass is 10.3. The van der Waals surface area contributed by atoms with Crippen molar-refractivity contribution >= 4 is 5.82 Å². The Morgan fingerprint density at radius 2 is 2.10 bits per heavy atom. The summed E-state index contributed by atoms with van der Waals surface area (Å²) in [6, 6.07) is 7.83. The van der Waals surface area contributed by atoms with Gasteiger partial charge in [0.15, 0.2) is 5.82 Å². The van der Waals surface area contributed by atoms with E-state index in [1.54, 1.807) is 23.3 Å². The maximum atomic E-state index is 4.53. The summed E-state index contributed by atoms with van der Waals surface area (Å²) in [5.74, 6) is 1.40. The quantitative estimate of drug-likeness (QED) is 0.794. The number of rotatable bonds is 4. The maximum Gasteiger partial charge on any atom is 0.174 e. The Kier molecular flexibility index (Phi) is 3.59. The highest BCUT2D eigenvalue weighted by atomic mass is 15.3. The molecule has 0 amide bonds. The fourth-order valence-electron chi connectivity index (χ4n) is 2.09. The molecule has 3 rings (SSSR count). The van der Waals surface area contributed by atoms with Gasteiger partial charge in [-0.15, -0.1) is 0 Å². The average Bonchev–Trinajstić information content (AvgIpc) is 2.85. The van der Waals surface area contributed by atoms with Gasteiger partial charge in [0, 0.05) is 11.9 Å². The third-order valence-corrected chi connectivity index (χ3v) is 3.03. The van der Waals surface area contributed by atoms with Gasteiger partial charge in [0.2, 0.25) is 0 Å². The second-order valence-corrected chi connectivity index (χ2v) is 4.78. The van der Waals surface area contributed by atoms with Crippen LogP contribution < -0.4 is 5.32 Å². The molecule has 6 heteroatoms. The summed E-state index contributed by atoms with van der Waals surface area (Å²) >= 11 is 0. The van der Waals surface area contributed by atoms with Crippen molar-refractivity contribution in [3.8, 4) is 5.82 Å². The SMILES string of the molecule is Cc1cc(C)n(-c2cncc(NCc3ccccn3)n2)n1. The predicted octanol–water partition coefficient (Wildman–Crippen LogP) is 2.29. The van der Waals surface area contributed by atoms with Gasteiger partial charge in [0.25, 0.3) is 0 Å². The van der Waals surface area contributed by atoms with Crippen LogP contribution >= 0.6 is 0 Å². The first-order valence-electron chi connectivity index (χ1n) is 6.72. The molecule has 0 bridgehead atoms. The first-order chi connectivity index (χ1) is 10.2. The Morgan fingerprint density at radius 3 is 2.81 bits per heavy atom. The molecule has 0 spiro atoms. The van der Waals surface area contributed by atoms with Crippen molar-refractivity contribution in [2.24, 2.45) is 0 Å². The van der Waals surface area contributed by atoms with E-state index in [0.717, 1.165) is 17.1 Å². The first-order valence-corrected chi connectivity index (χ1v) is 6.72. The van der Waals surface area contributed by atoms with E-state index in [1.165, 1.54) is 0 Å². The second-order valence-electron chi connectivity index (χ2n) is 4.78. The number of aromatic nitrogens is 5. The number of nitrogens with one attached hydrogen (secondary N) is 1. The highest BCUT2D eigenvalue weighted by Gasteiger charge is 2.06. The second kappa shape index (κ2) is 5.70. The topological polar surface area (TPSA) is 68.5 Å². The van der Waals surface area contributed by atoms with Crippen molar-refractivity contribution in [1.29, 1.82) is 0 Å². The predicted molar refractivity (Wildman–Crippen MR) is 80.2 cm³/mol. The zero-order valence-corrected chi connectivity index (χ0v) is 12.0. The molecule has 0 saturated heterocycles. The number of anilines is 1. The largest absolute Gasteiger partial charge is 0.363 e. The molecule has 0 aliphatic heterocycles. The van der Waals surface area contributed by atoms with Gasteiger partial charge < -0.3 is 5.32 Å². The molecule has 0 unspecified atom stereocenters. The molecule has 0 fully saturated rings. The van der Waals surface area contributed by atoms with Gasteiger partial charge in [-0.3, -0.25) is 9.97 Å². The lowest BCUT2D eigenvalue weighted by Crippen LogP contribution is -2.07. The smallest absolute Gasteiger partial charge is 0.174 e. The van der Waals surface area contributed by atoms with Crippen LogP contribution in [0.2, 0.25) is 0 Å². The third-order valence-electron chi connectivity index (χ3n) is 3.03. The van der Waals surface area contributed by atoms with Crippen LogP contribution in [0.1, 0.15) is 17.1 Å². The summed E-state index contributed by atoms with van der Waals surface area (Å²) in [6.45, 7) is 4.56. The molecule has 0 aliphatic carbocycles. The summed E-state index contributed by atoms with van der Waals surface area (Å²) in [4.78, 5) is 13.0. The van der Waals surface area contributed by atoms with Crippen LogP contribution in [-0.4, -0.2) is 24.7 Å². The zero-order chi connectivity index (χ0) is 14.7. The van der Waals surface area contributed by atoms with E-state index in [1.807, 2.05) is 38.1 Å². The van der Waals surface area contributed by atoms with Crippen molar-refractivity contribution in [2.75, 3.05) is 5.32 Å². The van der Waals surface area contributed by atoms with Gasteiger partial charge in [-0.05, 0) is 32.0 Å². The van der Waals surface area contributed by atoms with E-state index in [2.05, 4.69) is 25.4 Å². The summed E-state index contributed by atoms with van der Waals surface area (Å²) in [5, 5.41) is 7.63. The van der Waals surface area contributed by atoms with Crippen LogP contribution in [-0.2, 0) is 6.54 Å². The minimum absolute atomic E-state index is 0.607. The summed E-state index contributed by atoms with van der Waals surface area (Å²) < 4.78 is 1.79. The number of hydrogen-bond donors (Lipinski definition) is 1. The molecule has 0 saturated carbocycles. The normalized spacial score (nSPS) is 10.6. The van der Waals surface area contributed by atoms with E-state index >= 15 is 0 Å². The minimum atomic E-state index is 0.607. The summed E-state index contributed by atoms with van der Waals surface area (Å²) in [7, 11) is 0. The van der Waals surface area contributed by atoms with Crippen LogP contribution in [0, 0.1) is 13.8 Å². The van der Waals surface area contributed by atoms with Gasteiger partial charge in [-0.1, -0.05) is 6.07 Å². The molecule has 1 N–H and O–H groups in total. The molecule has 0 atom stereocenters. The Balaban J connectivity index is 1.79. The highest BCUT2D eigenvalue weighted by molar-refractivity contribution is 5.37. The van der Waals surface area contributed by atoms with Gasteiger partial charge in [0.1, 0.15) is 5.82 Å². The Bertz CT molecular complexity index is 735. The fraction of sp³-hybridized carbons (Fsp3) is 0.200. The summed E-state index contributed by atoms with van der Waals surface area (Å²) in [5.41, 5.74) is 2.95. The Hall–Kier alpha value is -2.76. The van der Waals surface area contributed by atoms with Crippen molar-refractivity contribution in [2.45, 2.75) is 20.4 Å². The lowest BCUT2D eigenvalue weighted by molar-refractivity contribution is 0.799. The molecule has 106 valence electrons. The third kappa shape index (κ3) is 3.05. The van der Waals surface area contributed by atoms with Crippen molar-refractivity contribution < 1.29 is 0 Å².